The standard InChI is InChI=1S/C14H30N4O.HI/c1-12-6-5-8-18(10-12)14(2,3)11-17-13(15)16-7-9-19-4;/h12H,5-11H2,1-4H3,(H3,15,16,17);1H. The highest BCUT2D eigenvalue weighted by Gasteiger charge is 2.29. The van der Waals surface area contributed by atoms with Crippen molar-refractivity contribution in [2.45, 2.75) is 39.2 Å². The molecule has 0 radical (unpaired) electrons. The first-order valence-corrected chi connectivity index (χ1v) is 7.23. The Bertz CT molecular complexity index is 297. The first-order chi connectivity index (χ1) is 8.95. The molecule has 0 aromatic rings. The van der Waals surface area contributed by atoms with Gasteiger partial charge in [-0.3, -0.25) is 9.89 Å². The summed E-state index contributed by atoms with van der Waals surface area (Å²) in [6.07, 6.45) is 2.63. The molecule has 0 aromatic heterocycles. The molecular formula is C14H31IN4O. The fraction of sp³-hybridized carbons (Fsp3) is 0.929. The van der Waals surface area contributed by atoms with Crippen LogP contribution in [-0.2, 0) is 4.74 Å². The number of piperidine rings is 1. The number of hydrogen-bond acceptors (Lipinski definition) is 3. The van der Waals surface area contributed by atoms with E-state index in [1.165, 1.54) is 25.9 Å². The van der Waals surface area contributed by atoms with Crippen molar-refractivity contribution in [3.63, 3.8) is 0 Å². The van der Waals surface area contributed by atoms with Crippen LogP contribution in [0.1, 0.15) is 33.6 Å². The van der Waals surface area contributed by atoms with Crippen LogP contribution < -0.4 is 11.1 Å². The number of halogens is 1. The predicted octanol–water partition coefficient (Wildman–Crippen LogP) is 1.67. The van der Waals surface area contributed by atoms with Crippen LogP contribution in [0.2, 0.25) is 0 Å². The van der Waals surface area contributed by atoms with E-state index in [4.69, 9.17) is 10.5 Å². The molecule has 5 nitrogen and oxygen atoms in total. The molecule has 0 spiro atoms. The van der Waals surface area contributed by atoms with Crippen LogP contribution in [0.4, 0.5) is 0 Å². The minimum atomic E-state index is 0. The van der Waals surface area contributed by atoms with E-state index in [-0.39, 0.29) is 29.5 Å². The number of hydrogen-bond donors (Lipinski definition) is 2. The van der Waals surface area contributed by atoms with Crippen LogP contribution in [0, 0.1) is 5.92 Å². The first-order valence-electron chi connectivity index (χ1n) is 7.23. The molecule has 1 saturated heterocycles. The van der Waals surface area contributed by atoms with E-state index in [0.717, 1.165) is 12.5 Å². The van der Waals surface area contributed by atoms with Crippen LogP contribution in [0.15, 0.2) is 4.99 Å². The number of nitrogens with one attached hydrogen (secondary N) is 1. The summed E-state index contributed by atoms with van der Waals surface area (Å²) in [5.74, 6) is 1.30. The van der Waals surface area contributed by atoms with Gasteiger partial charge in [-0.05, 0) is 39.2 Å². The van der Waals surface area contributed by atoms with E-state index in [2.05, 4.69) is 36.0 Å². The smallest absolute Gasteiger partial charge is 0.188 e. The lowest BCUT2D eigenvalue weighted by molar-refractivity contribution is 0.0775. The van der Waals surface area contributed by atoms with Crippen molar-refractivity contribution in [2.75, 3.05) is 39.9 Å². The molecule has 1 rings (SSSR count). The summed E-state index contributed by atoms with van der Waals surface area (Å²) in [6.45, 7) is 11.2. The summed E-state index contributed by atoms with van der Waals surface area (Å²) in [7, 11) is 1.68. The normalized spacial score (nSPS) is 21.4. The Morgan fingerprint density at radius 2 is 2.20 bits per heavy atom. The van der Waals surface area contributed by atoms with Gasteiger partial charge >= 0.3 is 0 Å². The molecule has 1 fully saturated rings. The van der Waals surface area contributed by atoms with Crippen molar-refractivity contribution in [3.8, 4) is 0 Å². The third kappa shape index (κ3) is 7.08. The van der Waals surface area contributed by atoms with Crippen molar-refractivity contribution in [2.24, 2.45) is 16.6 Å². The number of likely N-dealkylation sites (tertiary alicyclic amines) is 1. The topological polar surface area (TPSA) is 62.9 Å². The molecule has 1 unspecified atom stereocenters. The average molecular weight is 398 g/mol. The Kier molecular flexibility index (Phi) is 9.74. The van der Waals surface area contributed by atoms with Crippen molar-refractivity contribution in [1.29, 1.82) is 0 Å². The third-order valence-electron chi connectivity index (χ3n) is 3.76. The minimum absolute atomic E-state index is 0. The molecule has 6 heteroatoms. The molecular weight excluding hydrogens is 367 g/mol. The van der Waals surface area contributed by atoms with Crippen LogP contribution in [-0.4, -0.2) is 56.3 Å². The van der Waals surface area contributed by atoms with Gasteiger partial charge in [0.2, 0.25) is 0 Å². The van der Waals surface area contributed by atoms with Gasteiger partial charge in [-0.25, -0.2) is 0 Å². The second-order valence-corrected chi connectivity index (χ2v) is 6.13. The van der Waals surface area contributed by atoms with Gasteiger partial charge in [-0.15, -0.1) is 24.0 Å². The maximum atomic E-state index is 5.84. The summed E-state index contributed by atoms with van der Waals surface area (Å²) >= 11 is 0. The molecule has 20 heavy (non-hydrogen) atoms. The third-order valence-corrected chi connectivity index (χ3v) is 3.76. The zero-order valence-corrected chi connectivity index (χ0v) is 15.6. The van der Waals surface area contributed by atoms with Gasteiger partial charge in [0.15, 0.2) is 5.96 Å². The molecule has 1 atom stereocenters. The second kappa shape index (κ2) is 9.78. The molecule has 0 saturated carbocycles. The highest BCUT2D eigenvalue weighted by Crippen LogP contribution is 2.23. The Hall–Kier alpha value is -0.0800. The predicted molar refractivity (Wildman–Crippen MR) is 95.8 cm³/mol. The highest BCUT2D eigenvalue weighted by molar-refractivity contribution is 14.0. The zero-order chi connectivity index (χ0) is 14.3. The average Bonchev–Trinajstić information content (AvgIpc) is 2.37. The maximum absolute atomic E-state index is 5.84. The molecule has 1 heterocycles. The minimum Gasteiger partial charge on any atom is -0.383 e. The lowest BCUT2D eigenvalue weighted by Crippen LogP contribution is -2.51. The summed E-state index contributed by atoms with van der Waals surface area (Å²) < 4.78 is 4.96. The molecule has 0 bridgehead atoms. The number of ether oxygens (including phenoxy) is 1. The molecule has 0 amide bonds. The van der Waals surface area contributed by atoms with Gasteiger partial charge < -0.3 is 15.8 Å². The largest absolute Gasteiger partial charge is 0.383 e. The zero-order valence-electron chi connectivity index (χ0n) is 13.3. The quantitative estimate of drug-likeness (QED) is 0.309. The van der Waals surface area contributed by atoms with E-state index in [1.54, 1.807) is 7.11 Å². The van der Waals surface area contributed by atoms with Crippen LogP contribution in [0.3, 0.4) is 0 Å². The number of methoxy groups -OCH3 is 1. The van der Waals surface area contributed by atoms with Gasteiger partial charge in [0.1, 0.15) is 0 Å². The monoisotopic (exact) mass is 398 g/mol. The number of rotatable bonds is 6. The number of aliphatic imine (C=N–C) groups is 1. The van der Waals surface area contributed by atoms with Crippen LogP contribution in [0.5, 0.6) is 0 Å². The molecule has 1 aliphatic heterocycles. The summed E-state index contributed by atoms with van der Waals surface area (Å²) in [4.78, 5) is 6.99. The number of nitrogens with two attached hydrogens (primary N) is 1. The van der Waals surface area contributed by atoms with Gasteiger partial charge in [0.05, 0.1) is 13.2 Å². The van der Waals surface area contributed by atoms with Gasteiger partial charge in [0, 0.05) is 25.7 Å². The van der Waals surface area contributed by atoms with E-state index in [1.807, 2.05) is 0 Å². The van der Waals surface area contributed by atoms with Gasteiger partial charge in [-0.2, -0.15) is 0 Å². The Morgan fingerprint density at radius 1 is 1.50 bits per heavy atom. The summed E-state index contributed by atoms with van der Waals surface area (Å²) in [5, 5.41) is 3.05. The number of nitrogens with zero attached hydrogens (tertiary/aromatic N) is 2. The lowest BCUT2D eigenvalue weighted by atomic mass is 9.94. The Morgan fingerprint density at radius 3 is 2.80 bits per heavy atom. The summed E-state index contributed by atoms with van der Waals surface area (Å²) in [5.41, 5.74) is 5.91. The van der Waals surface area contributed by atoms with E-state index >= 15 is 0 Å². The molecule has 3 N–H and O–H groups in total. The fourth-order valence-electron chi connectivity index (χ4n) is 2.45. The Labute approximate surface area is 140 Å². The van der Waals surface area contributed by atoms with Crippen molar-refractivity contribution < 1.29 is 4.74 Å². The van der Waals surface area contributed by atoms with Gasteiger partial charge in [0.25, 0.3) is 0 Å². The lowest BCUT2D eigenvalue weighted by Gasteiger charge is -2.42. The summed E-state index contributed by atoms with van der Waals surface area (Å²) in [6, 6.07) is 0. The van der Waals surface area contributed by atoms with Crippen molar-refractivity contribution in [3.05, 3.63) is 0 Å². The van der Waals surface area contributed by atoms with Crippen LogP contribution >= 0.6 is 24.0 Å². The fourth-order valence-corrected chi connectivity index (χ4v) is 2.45. The number of guanidine groups is 1. The molecule has 0 aromatic carbocycles. The van der Waals surface area contributed by atoms with Crippen molar-refractivity contribution >= 4 is 29.9 Å². The Balaban J connectivity index is 0.00000361. The van der Waals surface area contributed by atoms with E-state index in [9.17, 15) is 0 Å². The SMILES string of the molecule is COCCNC(N)=NCC(C)(C)N1CCCC(C)C1.I. The van der Waals surface area contributed by atoms with E-state index < -0.39 is 0 Å². The first kappa shape index (κ1) is 19.9. The second-order valence-electron chi connectivity index (χ2n) is 6.13. The van der Waals surface area contributed by atoms with Crippen molar-refractivity contribution in [1.82, 2.24) is 10.2 Å². The molecule has 120 valence electrons. The van der Waals surface area contributed by atoms with Crippen LogP contribution in [0.25, 0.3) is 0 Å². The molecule has 1 aliphatic rings. The maximum Gasteiger partial charge on any atom is 0.188 e. The highest BCUT2D eigenvalue weighted by atomic mass is 127. The van der Waals surface area contributed by atoms with Gasteiger partial charge in [-0.1, -0.05) is 6.92 Å². The van der Waals surface area contributed by atoms with E-state index in [0.29, 0.717) is 19.1 Å². The molecule has 0 aliphatic carbocycles.